The Morgan fingerprint density at radius 1 is 0.979 bits per heavy atom. The summed E-state index contributed by atoms with van der Waals surface area (Å²) < 4.78 is 1.96. The van der Waals surface area contributed by atoms with Gasteiger partial charge in [-0.2, -0.15) is 0 Å². The Hall–Kier alpha value is -4.02. The number of piperidine rings is 1. The van der Waals surface area contributed by atoms with Crippen LogP contribution in [-0.2, 0) is 13.6 Å². The van der Waals surface area contributed by atoms with Crippen molar-refractivity contribution >= 4 is 69.2 Å². The van der Waals surface area contributed by atoms with Crippen LogP contribution >= 0.6 is 23.2 Å². The molecule has 3 heterocycles. The lowest BCUT2D eigenvalue weighted by Crippen LogP contribution is -2.32. The highest BCUT2D eigenvalue weighted by Gasteiger charge is 2.45. The molecule has 12 heteroatoms. The molecule has 2 aromatic carbocycles. The van der Waals surface area contributed by atoms with Crippen molar-refractivity contribution in [2.45, 2.75) is 52.0 Å². The van der Waals surface area contributed by atoms with Gasteiger partial charge in [0.1, 0.15) is 5.82 Å². The SMILES string of the molecule is CCNc1cc(C(=O)NCc2ccc(Cl)c(Nc3nc4cc(C(=O)NCC5CCCCC5)c(N5CC6CC6C5)cc4n3C)c2Cl)ccn1. The Labute approximate surface area is 291 Å². The Morgan fingerprint density at radius 2 is 1.77 bits per heavy atom. The van der Waals surface area contributed by atoms with Crippen molar-refractivity contribution < 1.29 is 9.59 Å². The molecule has 1 saturated heterocycles. The first-order valence-corrected chi connectivity index (χ1v) is 17.8. The number of hydrogen-bond acceptors (Lipinski definition) is 7. The molecule has 2 saturated carbocycles. The average Bonchev–Trinajstić information content (AvgIpc) is 3.58. The first kappa shape index (κ1) is 32.5. The van der Waals surface area contributed by atoms with Gasteiger partial charge in [-0.25, -0.2) is 9.97 Å². The third kappa shape index (κ3) is 6.78. The van der Waals surface area contributed by atoms with E-state index in [9.17, 15) is 9.59 Å². The standard InChI is InChI=1S/C36H42Cl2N8O2/c1-3-39-31-14-22(11-12-40-31)34(47)42-18-23-9-10-27(37)33(32(23)38)44-36-43-28-15-26(35(48)41-17-21-7-5-4-6-8-21)29(16-30(28)45(36)2)46-19-24-13-25(24)20-46/h9-12,14-16,21,24-25H,3-8,13,17-20H2,1-2H3,(H,39,40)(H,41,48)(H,42,47)(H,43,44). The van der Waals surface area contributed by atoms with Crippen molar-refractivity contribution in [3.8, 4) is 0 Å². The second kappa shape index (κ2) is 13.8. The number of imidazole rings is 1. The summed E-state index contributed by atoms with van der Waals surface area (Å²) in [6, 6.07) is 11.0. The minimum atomic E-state index is -0.239. The molecule has 0 spiro atoms. The summed E-state index contributed by atoms with van der Waals surface area (Å²) >= 11 is 13.5. The molecular weight excluding hydrogens is 647 g/mol. The fraction of sp³-hybridized carbons (Fsp3) is 0.444. The van der Waals surface area contributed by atoms with Crippen molar-refractivity contribution in [3.05, 3.63) is 69.3 Å². The Kier molecular flexibility index (Phi) is 9.38. The zero-order valence-electron chi connectivity index (χ0n) is 27.4. The summed E-state index contributed by atoms with van der Waals surface area (Å²) in [6.45, 7) is 5.55. The number of amides is 2. The topological polar surface area (TPSA) is 116 Å². The first-order chi connectivity index (χ1) is 23.3. The zero-order chi connectivity index (χ0) is 33.4. The number of nitrogens with zero attached hydrogens (tertiary/aromatic N) is 4. The molecule has 2 atom stereocenters. The molecule has 2 aromatic heterocycles. The van der Waals surface area contributed by atoms with E-state index in [1.165, 1.54) is 38.5 Å². The maximum absolute atomic E-state index is 13.7. The molecule has 0 bridgehead atoms. The fourth-order valence-electron chi connectivity index (χ4n) is 7.19. The molecule has 48 heavy (non-hydrogen) atoms. The van der Waals surface area contributed by atoms with Gasteiger partial charge in [-0.1, -0.05) is 48.5 Å². The molecule has 252 valence electrons. The monoisotopic (exact) mass is 688 g/mol. The Morgan fingerprint density at radius 3 is 2.54 bits per heavy atom. The molecular formula is C36H42Cl2N8O2. The Balaban J connectivity index is 1.12. The average molecular weight is 690 g/mol. The van der Waals surface area contributed by atoms with Gasteiger partial charge < -0.3 is 30.7 Å². The van der Waals surface area contributed by atoms with Gasteiger partial charge in [-0.15, -0.1) is 0 Å². The number of anilines is 4. The number of halogens is 2. The van der Waals surface area contributed by atoms with E-state index in [1.807, 2.05) is 24.6 Å². The van der Waals surface area contributed by atoms with Gasteiger partial charge >= 0.3 is 0 Å². The molecule has 0 radical (unpaired) electrons. The molecule has 7 rings (SSSR count). The van der Waals surface area contributed by atoms with Crippen molar-refractivity contribution in [1.82, 2.24) is 25.2 Å². The van der Waals surface area contributed by atoms with E-state index in [2.05, 4.69) is 37.2 Å². The number of fused-ring (bicyclic) bond motifs is 2. The number of pyridine rings is 1. The largest absolute Gasteiger partial charge is 0.370 e. The number of carbonyl (C=O) groups excluding carboxylic acids is 2. The van der Waals surface area contributed by atoms with E-state index >= 15 is 0 Å². The number of aromatic nitrogens is 3. The fourth-order valence-corrected chi connectivity index (χ4v) is 7.72. The van der Waals surface area contributed by atoms with Gasteiger partial charge in [0.15, 0.2) is 0 Å². The minimum Gasteiger partial charge on any atom is -0.370 e. The van der Waals surface area contributed by atoms with E-state index in [0.29, 0.717) is 68.7 Å². The first-order valence-electron chi connectivity index (χ1n) is 17.0. The van der Waals surface area contributed by atoms with E-state index in [-0.39, 0.29) is 18.4 Å². The molecule has 4 N–H and O–H groups in total. The maximum Gasteiger partial charge on any atom is 0.253 e. The maximum atomic E-state index is 13.7. The number of benzene rings is 2. The van der Waals surface area contributed by atoms with Gasteiger partial charge in [0.05, 0.1) is 38.0 Å². The second-order valence-corrected chi connectivity index (χ2v) is 14.2. The predicted octanol–water partition coefficient (Wildman–Crippen LogP) is 7.15. The van der Waals surface area contributed by atoms with E-state index in [4.69, 9.17) is 28.2 Å². The number of rotatable bonds is 11. The van der Waals surface area contributed by atoms with Gasteiger partial charge in [-0.3, -0.25) is 9.59 Å². The van der Waals surface area contributed by atoms with Gasteiger partial charge in [0, 0.05) is 51.5 Å². The van der Waals surface area contributed by atoms with Crippen LogP contribution in [0.1, 0.15) is 71.7 Å². The number of aryl methyl sites for hydroxylation is 1. The van der Waals surface area contributed by atoms with Crippen LogP contribution in [-0.4, -0.2) is 52.5 Å². The molecule has 10 nitrogen and oxygen atoms in total. The summed E-state index contributed by atoms with van der Waals surface area (Å²) in [5.41, 5.74) is 4.94. The minimum absolute atomic E-state index is 0.0383. The lowest BCUT2D eigenvalue weighted by Gasteiger charge is -2.25. The normalized spacial score (nSPS) is 18.9. The van der Waals surface area contributed by atoms with E-state index in [1.54, 1.807) is 30.5 Å². The highest BCUT2D eigenvalue weighted by Crippen LogP contribution is 2.47. The number of carbonyl (C=O) groups is 2. The summed E-state index contributed by atoms with van der Waals surface area (Å²) in [5, 5.41) is 13.5. The van der Waals surface area contributed by atoms with Crippen LogP contribution in [0.5, 0.6) is 0 Å². The van der Waals surface area contributed by atoms with Crippen molar-refractivity contribution in [3.63, 3.8) is 0 Å². The lowest BCUT2D eigenvalue weighted by atomic mass is 9.89. The van der Waals surface area contributed by atoms with Gasteiger partial charge in [0.25, 0.3) is 11.8 Å². The number of nitrogens with one attached hydrogen (secondary N) is 4. The van der Waals surface area contributed by atoms with Gasteiger partial charge in [0.2, 0.25) is 5.95 Å². The van der Waals surface area contributed by atoms with E-state index in [0.717, 1.165) is 36.1 Å². The smallest absolute Gasteiger partial charge is 0.253 e. The summed E-state index contributed by atoms with van der Waals surface area (Å²) in [5.74, 6) is 2.90. The summed E-state index contributed by atoms with van der Waals surface area (Å²) in [7, 11) is 1.94. The third-order valence-electron chi connectivity index (χ3n) is 10.1. The van der Waals surface area contributed by atoms with Crippen molar-refractivity contribution in [2.75, 3.05) is 41.7 Å². The zero-order valence-corrected chi connectivity index (χ0v) is 28.9. The van der Waals surface area contributed by atoms with Crippen LogP contribution in [0.25, 0.3) is 11.0 Å². The highest BCUT2D eigenvalue weighted by atomic mass is 35.5. The Bertz CT molecular complexity index is 1840. The molecule has 4 aromatic rings. The lowest BCUT2D eigenvalue weighted by molar-refractivity contribution is 0.0939. The van der Waals surface area contributed by atoms with Crippen molar-refractivity contribution in [1.29, 1.82) is 0 Å². The molecule has 3 fully saturated rings. The molecule has 3 aliphatic rings. The van der Waals surface area contributed by atoms with Crippen LogP contribution < -0.4 is 26.2 Å². The second-order valence-electron chi connectivity index (χ2n) is 13.4. The van der Waals surface area contributed by atoms with Crippen molar-refractivity contribution in [2.24, 2.45) is 24.8 Å². The predicted molar refractivity (Wildman–Crippen MR) is 193 cm³/mol. The van der Waals surface area contributed by atoms with Crippen LogP contribution in [0.4, 0.5) is 23.1 Å². The van der Waals surface area contributed by atoms with Crippen LogP contribution in [0.2, 0.25) is 10.0 Å². The van der Waals surface area contributed by atoms with E-state index < -0.39 is 0 Å². The summed E-state index contributed by atoms with van der Waals surface area (Å²) in [6.07, 6.45) is 9.02. The highest BCUT2D eigenvalue weighted by molar-refractivity contribution is 6.39. The third-order valence-corrected chi connectivity index (χ3v) is 10.8. The van der Waals surface area contributed by atoms with Gasteiger partial charge in [-0.05, 0) is 79.8 Å². The van der Waals surface area contributed by atoms with Crippen LogP contribution in [0, 0.1) is 17.8 Å². The summed E-state index contributed by atoms with van der Waals surface area (Å²) in [4.78, 5) is 38.1. The molecule has 2 aliphatic carbocycles. The van der Waals surface area contributed by atoms with Crippen LogP contribution in [0.15, 0.2) is 42.6 Å². The molecule has 1 aliphatic heterocycles. The molecule has 2 unspecified atom stereocenters. The molecule has 2 amide bonds. The quantitative estimate of drug-likeness (QED) is 0.132. The number of hydrogen-bond donors (Lipinski definition) is 4. The van der Waals surface area contributed by atoms with Crippen LogP contribution in [0.3, 0.4) is 0 Å².